The van der Waals surface area contributed by atoms with Crippen LogP contribution in [0.1, 0.15) is 16.7 Å². The van der Waals surface area contributed by atoms with Gasteiger partial charge in [0.25, 0.3) is 0 Å². The molecule has 0 fully saturated rings. The maximum atomic E-state index is 4.30. The van der Waals surface area contributed by atoms with Gasteiger partial charge in [0.15, 0.2) is 12.0 Å². The van der Waals surface area contributed by atoms with Crippen molar-refractivity contribution in [1.82, 2.24) is 15.0 Å². The van der Waals surface area contributed by atoms with Crippen molar-refractivity contribution in [2.75, 3.05) is 0 Å². The van der Waals surface area contributed by atoms with E-state index in [-0.39, 0.29) is 0 Å². The number of benzene rings is 2. The molecule has 0 saturated heterocycles. The minimum Gasteiger partial charge on any atom is -0.225 e. The molecule has 26 heavy (non-hydrogen) atoms. The molecule has 0 aliphatic heterocycles. The number of hydrogen-bond acceptors (Lipinski definition) is 3. The SMILES string of the molecule is Cc1cc(C)c(C)c(-c2c3cc(-c4ncncn4)ccc3cc[n+]2C)c1. The molecule has 2 aromatic carbocycles. The number of aryl methyl sites for hydroxylation is 3. The molecule has 4 nitrogen and oxygen atoms in total. The van der Waals surface area contributed by atoms with Gasteiger partial charge in [0.1, 0.15) is 19.7 Å². The highest BCUT2D eigenvalue weighted by Crippen LogP contribution is 2.32. The van der Waals surface area contributed by atoms with E-state index < -0.39 is 0 Å². The van der Waals surface area contributed by atoms with Crippen molar-refractivity contribution < 1.29 is 4.57 Å². The zero-order valence-corrected chi connectivity index (χ0v) is 15.5. The average molecular weight is 341 g/mol. The highest BCUT2D eigenvalue weighted by atomic mass is 15.0. The average Bonchev–Trinajstić information content (AvgIpc) is 2.65. The highest BCUT2D eigenvalue weighted by molar-refractivity contribution is 5.96. The minimum absolute atomic E-state index is 0.691. The van der Waals surface area contributed by atoms with Crippen LogP contribution in [0.3, 0.4) is 0 Å². The molecule has 4 heteroatoms. The Kier molecular flexibility index (Phi) is 3.96. The smallest absolute Gasteiger partial charge is 0.220 e. The number of rotatable bonds is 2. The molecular weight excluding hydrogens is 320 g/mol. The largest absolute Gasteiger partial charge is 0.225 e. The van der Waals surface area contributed by atoms with Gasteiger partial charge in [-0.15, -0.1) is 0 Å². The second kappa shape index (κ2) is 6.30. The molecule has 0 unspecified atom stereocenters. The fourth-order valence-electron chi connectivity index (χ4n) is 3.51. The fourth-order valence-corrected chi connectivity index (χ4v) is 3.51. The van der Waals surface area contributed by atoms with Crippen LogP contribution >= 0.6 is 0 Å². The van der Waals surface area contributed by atoms with E-state index in [9.17, 15) is 0 Å². The van der Waals surface area contributed by atoms with Crippen molar-refractivity contribution >= 4 is 10.8 Å². The van der Waals surface area contributed by atoms with Crippen LogP contribution in [0.2, 0.25) is 0 Å². The molecule has 0 spiro atoms. The van der Waals surface area contributed by atoms with Crippen LogP contribution in [0.15, 0.2) is 55.2 Å². The first-order valence-electron chi connectivity index (χ1n) is 8.67. The second-order valence-electron chi connectivity index (χ2n) is 6.79. The van der Waals surface area contributed by atoms with E-state index in [2.05, 4.69) is 89.9 Å². The molecule has 2 aromatic heterocycles. The second-order valence-corrected chi connectivity index (χ2v) is 6.79. The predicted molar refractivity (Wildman–Crippen MR) is 104 cm³/mol. The van der Waals surface area contributed by atoms with Gasteiger partial charge in [-0.3, -0.25) is 0 Å². The van der Waals surface area contributed by atoms with Gasteiger partial charge in [0.05, 0.1) is 10.9 Å². The van der Waals surface area contributed by atoms with Crippen molar-refractivity contribution in [2.24, 2.45) is 7.05 Å². The van der Waals surface area contributed by atoms with Crippen molar-refractivity contribution in [2.45, 2.75) is 20.8 Å². The minimum atomic E-state index is 0.691. The molecule has 0 N–H and O–H groups in total. The van der Waals surface area contributed by atoms with E-state index >= 15 is 0 Å². The lowest BCUT2D eigenvalue weighted by Crippen LogP contribution is -2.30. The lowest BCUT2D eigenvalue weighted by molar-refractivity contribution is -0.659. The van der Waals surface area contributed by atoms with Crippen LogP contribution in [0, 0.1) is 20.8 Å². The van der Waals surface area contributed by atoms with E-state index in [1.807, 2.05) is 0 Å². The Morgan fingerprint density at radius 3 is 2.42 bits per heavy atom. The van der Waals surface area contributed by atoms with E-state index in [4.69, 9.17) is 0 Å². The van der Waals surface area contributed by atoms with Crippen molar-refractivity contribution in [3.05, 3.63) is 71.9 Å². The van der Waals surface area contributed by atoms with Gasteiger partial charge in [0, 0.05) is 11.6 Å². The van der Waals surface area contributed by atoms with Crippen molar-refractivity contribution in [1.29, 1.82) is 0 Å². The van der Waals surface area contributed by atoms with E-state index in [1.54, 1.807) is 0 Å². The Morgan fingerprint density at radius 2 is 1.65 bits per heavy atom. The summed E-state index contributed by atoms with van der Waals surface area (Å²) in [5.74, 6) is 0.691. The third-order valence-electron chi connectivity index (χ3n) is 4.96. The summed E-state index contributed by atoms with van der Waals surface area (Å²) >= 11 is 0. The molecule has 128 valence electrons. The molecule has 4 aromatic rings. The van der Waals surface area contributed by atoms with Gasteiger partial charge in [-0.2, -0.15) is 0 Å². The van der Waals surface area contributed by atoms with Gasteiger partial charge in [-0.1, -0.05) is 23.8 Å². The van der Waals surface area contributed by atoms with Crippen LogP contribution in [0.4, 0.5) is 0 Å². The van der Waals surface area contributed by atoms with Gasteiger partial charge in [-0.25, -0.2) is 19.5 Å². The summed E-state index contributed by atoms with van der Waals surface area (Å²) in [5, 5.41) is 2.40. The number of hydrogen-bond donors (Lipinski definition) is 0. The van der Waals surface area contributed by atoms with E-state index in [0.29, 0.717) is 5.82 Å². The Bertz CT molecular complexity index is 1120. The molecule has 0 bridgehead atoms. The maximum Gasteiger partial charge on any atom is 0.220 e. The summed E-state index contributed by atoms with van der Waals surface area (Å²) < 4.78 is 2.20. The first-order chi connectivity index (χ1) is 12.5. The molecule has 4 rings (SSSR count). The number of pyridine rings is 1. The zero-order valence-electron chi connectivity index (χ0n) is 15.5. The van der Waals surface area contributed by atoms with Crippen molar-refractivity contribution in [3.8, 4) is 22.6 Å². The van der Waals surface area contributed by atoms with Gasteiger partial charge in [-0.05, 0) is 49.4 Å². The standard InChI is InChI=1S/C22H21N4/c1-14-9-15(2)16(3)19(10-14)21-20-11-18(22-24-12-23-13-25-22)6-5-17(20)7-8-26(21)4/h5-13H,1-4H3/q+1. The summed E-state index contributed by atoms with van der Waals surface area (Å²) in [6, 6.07) is 13.0. The Balaban J connectivity index is 2.04. The highest BCUT2D eigenvalue weighted by Gasteiger charge is 2.19. The molecule has 0 saturated carbocycles. The lowest BCUT2D eigenvalue weighted by atomic mass is 9.94. The number of aromatic nitrogens is 4. The van der Waals surface area contributed by atoms with Gasteiger partial charge < -0.3 is 0 Å². The number of nitrogens with zero attached hydrogens (tertiary/aromatic N) is 4. The van der Waals surface area contributed by atoms with Crippen molar-refractivity contribution in [3.63, 3.8) is 0 Å². The van der Waals surface area contributed by atoms with Crippen LogP contribution < -0.4 is 4.57 Å². The summed E-state index contributed by atoms with van der Waals surface area (Å²) in [7, 11) is 2.10. The van der Waals surface area contributed by atoms with Gasteiger partial charge >= 0.3 is 0 Å². The van der Waals surface area contributed by atoms with E-state index in [0.717, 1.165) is 5.56 Å². The molecule has 0 atom stereocenters. The topological polar surface area (TPSA) is 42.6 Å². The zero-order chi connectivity index (χ0) is 18.3. The molecule has 0 aliphatic carbocycles. The summed E-state index contributed by atoms with van der Waals surface area (Å²) in [5.41, 5.74) is 7.36. The Morgan fingerprint density at radius 1 is 0.885 bits per heavy atom. The van der Waals surface area contributed by atoms with Crippen LogP contribution in [0.25, 0.3) is 33.4 Å². The molecule has 0 radical (unpaired) electrons. The van der Waals surface area contributed by atoms with E-state index in [1.165, 1.54) is 51.4 Å². The lowest BCUT2D eigenvalue weighted by Gasteiger charge is -2.12. The normalized spacial score (nSPS) is 11.1. The fraction of sp³-hybridized carbons (Fsp3) is 0.182. The predicted octanol–water partition coefficient (Wildman–Crippen LogP) is 4.11. The summed E-state index contributed by atoms with van der Waals surface area (Å²) in [4.78, 5) is 12.5. The first-order valence-corrected chi connectivity index (χ1v) is 8.67. The monoisotopic (exact) mass is 341 g/mol. The third kappa shape index (κ3) is 2.73. The van der Waals surface area contributed by atoms with Gasteiger partial charge in [0.2, 0.25) is 5.69 Å². The Labute approximate surface area is 153 Å². The maximum absolute atomic E-state index is 4.30. The molecule has 2 heterocycles. The van der Waals surface area contributed by atoms with Crippen LogP contribution in [0.5, 0.6) is 0 Å². The molecule has 0 aliphatic rings. The Hall–Kier alpha value is -3.14. The summed E-state index contributed by atoms with van der Waals surface area (Å²) in [6.07, 6.45) is 5.19. The molecular formula is C22H21N4+. The summed E-state index contributed by atoms with van der Waals surface area (Å²) in [6.45, 7) is 6.52. The first kappa shape index (κ1) is 16.3. The van der Waals surface area contributed by atoms with Crippen LogP contribution in [-0.2, 0) is 7.05 Å². The molecule has 0 amide bonds. The number of fused-ring (bicyclic) bond motifs is 1. The quantitative estimate of drug-likeness (QED) is 0.515. The third-order valence-corrected chi connectivity index (χ3v) is 4.96. The van der Waals surface area contributed by atoms with Crippen LogP contribution in [-0.4, -0.2) is 15.0 Å².